The molecule has 1 saturated heterocycles. The summed E-state index contributed by atoms with van der Waals surface area (Å²) in [6.07, 6.45) is 1.23. The summed E-state index contributed by atoms with van der Waals surface area (Å²) in [6.45, 7) is 2.87. The summed E-state index contributed by atoms with van der Waals surface area (Å²) in [7, 11) is 0. The second-order valence-corrected chi connectivity index (χ2v) is 4.22. The number of benzene rings is 1. The Hall–Kier alpha value is -0.930. The average Bonchev–Trinajstić information content (AvgIpc) is 2.60. The summed E-state index contributed by atoms with van der Waals surface area (Å²) >= 11 is 5.94. The molecule has 0 radical (unpaired) electrons. The topological polar surface area (TPSA) is 47.3 Å². The Morgan fingerprint density at radius 1 is 1.53 bits per heavy atom. The first kappa shape index (κ1) is 10.6. The van der Waals surface area contributed by atoms with Crippen molar-refractivity contribution in [2.24, 2.45) is 0 Å². The zero-order valence-corrected chi connectivity index (χ0v) is 9.42. The molecule has 3 nitrogen and oxygen atoms in total. The van der Waals surface area contributed by atoms with E-state index in [0.29, 0.717) is 16.8 Å². The number of rotatable bonds is 2. The van der Waals surface area contributed by atoms with Gasteiger partial charge < -0.3 is 15.8 Å². The van der Waals surface area contributed by atoms with Gasteiger partial charge in [0.15, 0.2) is 0 Å². The lowest BCUT2D eigenvalue weighted by Gasteiger charge is -2.19. The zero-order chi connectivity index (χ0) is 10.8. The van der Waals surface area contributed by atoms with Gasteiger partial charge in [-0.2, -0.15) is 0 Å². The molecule has 1 heterocycles. The van der Waals surface area contributed by atoms with Crippen LogP contribution < -0.4 is 11.1 Å². The Morgan fingerprint density at radius 3 is 3.00 bits per heavy atom. The Labute approximate surface area is 94.6 Å². The van der Waals surface area contributed by atoms with Crippen molar-refractivity contribution in [2.45, 2.75) is 25.5 Å². The van der Waals surface area contributed by atoms with E-state index < -0.39 is 0 Å². The number of nitrogen functional groups attached to an aromatic ring is 1. The number of nitrogens with two attached hydrogens (primary N) is 1. The third-order valence-corrected chi connectivity index (χ3v) is 3.10. The summed E-state index contributed by atoms with van der Waals surface area (Å²) < 4.78 is 5.47. The molecule has 2 unspecified atom stereocenters. The van der Waals surface area contributed by atoms with Crippen LogP contribution in [0.15, 0.2) is 18.2 Å². The summed E-state index contributed by atoms with van der Waals surface area (Å²) in [5.74, 6) is 0. The van der Waals surface area contributed by atoms with Crippen LogP contribution in [0.1, 0.15) is 13.3 Å². The number of nitrogens with one attached hydrogen (secondary N) is 1. The normalized spacial score (nSPS) is 25.5. The van der Waals surface area contributed by atoms with Gasteiger partial charge in [0, 0.05) is 6.61 Å². The van der Waals surface area contributed by atoms with Crippen LogP contribution in [-0.4, -0.2) is 18.8 Å². The monoisotopic (exact) mass is 226 g/mol. The van der Waals surface area contributed by atoms with Crippen molar-refractivity contribution in [3.05, 3.63) is 23.2 Å². The number of anilines is 2. The van der Waals surface area contributed by atoms with Crippen LogP contribution in [0.4, 0.5) is 11.4 Å². The van der Waals surface area contributed by atoms with E-state index in [1.165, 1.54) is 0 Å². The van der Waals surface area contributed by atoms with Crippen LogP contribution in [0, 0.1) is 0 Å². The van der Waals surface area contributed by atoms with Crippen molar-refractivity contribution < 1.29 is 4.74 Å². The Kier molecular flexibility index (Phi) is 3.03. The van der Waals surface area contributed by atoms with Crippen molar-refractivity contribution in [3.63, 3.8) is 0 Å². The number of hydrogen-bond acceptors (Lipinski definition) is 3. The maximum absolute atomic E-state index is 5.94. The van der Waals surface area contributed by atoms with Gasteiger partial charge in [0.1, 0.15) is 0 Å². The SMILES string of the molecule is CC1OCCC1Nc1cccc(Cl)c1N. The molecule has 15 heavy (non-hydrogen) atoms. The molecule has 2 atom stereocenters. The maximum atomic E-state index is 5.94. The van der Waals surface area contributed by atoms with Gasteiger partial charge in [-0.15, -0.1) is 0 Å². The van der Waals surface area contributed by atoms with E-state index in [9.17, 15) is 0 Å². The minimum absolute atomic E-state index is 0.225. The van der Waals surface area contributed by atoms with Crippen molar-refractivity contribution in [2.75, 3.05) is 17.7 Å². The number of para-hydroxylation sites is 1. The number of halogens is 1. The summed E-state index contributed by atoms with van der Waals surface area (Å²) in [4.78, 5) is 0. The molecule has 1 aromatic carbocycles. The molecule has 1 aromatic rings. The fourth-order valence-corrected chi connectivity index (χ4v) is 1.96. The summed E-state index contributed by atoms with van der Waals surface area (Å²) in [5, 5.41) is 3.95. The van der Waals surface area contributed by atoms with Crippen LogP contribution >= 0.6 is 11.6 Å². The maximum Gasteiger partial charge on any atom is 0.0748 e. The molecule has 0 amide bonds. The predicted molar refractivity (Wildman–Crippen MR) is 63.3 cm³/mol. The second kappa shape index (κ2) is 4.29. The first-order valence-electron chi connectivity index (χ1n) is 5.10. The molecule has 0 saturated carbocycles. The fraction of sp³-hybridized carbons (Fsp3) is 0.455. The van der Waals surface area contributed by atoms with E-state index in [-0.39, 0.29) is 6.10 Å². The molecule has 4 heteroatoms. The Bertz CT molecular complexity index is 356. The lowest BCUT2D eigenvalue weighted by Crippen LogP contribution is -2.27. The number of ether oxygens (including phenoxy) is 1. The average molecular weight is 227 g/mol. The van der Waals surface area contributed by atoms with E-state index >= 15 is 0 Å². The molecular weight excluding hydrogens is 212 g/mol. The highest BCUT2D eigenvalue weighted by Crippen LogP contribution is 2.29. The minimum Gasteiger partial charge on any atom is -0.396 e. The van der Waals surface area contributed by atoms with Crippen LogP contribution in [0.25, 0.3) is 0 Å². The van der Waals surface area contributed by atoms with Gasteiger partial charge >= 0.3 is 0 Å². The quantitative estimate of drug-likeness (QED) is 0.762. The third kappa shape index (κ3) is 2.19. The third-order valence-electron chi connectivity index (χ3n) is 2.77. The molecule has 0 spiro atoms. The molecule has 2 rings (SSSR count). The molecular formula is C11H15ClN2O. The molecule has 1 aliphatic heterocycles. The van der Waals surface area contributed by atoms with Gasteiger partial charge in [0.25, 0.3) is 0 Å². The van der Waals surface area contributed by atoms with Gasteiger partial charge in [-0.25, -0.2) is 0 Å². The standard InChI is InChI=1S/C11H15ClN2O/c1-7-9(5-6-15-7)14-10-4-2-3-8(12)11(10)13/h2-4,7,9,14H,5-6,13H2,1H3. The molecule has 0 aliphatic carbocycles. The van der Waals surface area contributed by atoms with Crippen molar-refractivity contribution in [1.29, 1.82) is 0 Å². The minimum atomic E-state index is 0.225. The van der Waals surface area contributed by atoms with Crippen LogP contribution in [-0.2, 0) is 4.74 Å². The van der Waals surface area contributed by atoms with Gasteiger partial charge in [0.2, 0.25) is 0 Å². The van der Waals surface area contributed by atoms with Gasteiger partial charge in [-0.3, -0.25) is 0 Å². The van der Waals surface area contributed by atoms with Crippen LogP contribution in [0.3, 0.4) is 0 Å². The van der Waals surface area contributed by atoms with Gasteiger partial charge in [0.05, 0.1) is 28.5 Å². The highest BCUT2D eigenvalue weighted by Gasteiger charge is 2.24. The van der Waals surface area contributed by atoms with E-state index in [4.69, 9.17) is 22.1 Å². The summed E-state index contributed by atoms with van der Waals surface area (Å²) in [6, 6.07) is 5.94. The van der Waals surface area contributed by atoms with E-state index in [0.717, 1.165) is 18.7 Å². The largest absolute Gasteiger partial charge is 0.396 e. The van der Waals surface area contributed by atoms with Crippen LogP contribution in [0.2, 0.25) is 5.02 Å². The van der Waals surface area contributed by atoms with Crippen molar-refractivity contribution in [1.82, 2.24) is 0 Å². The molecule has 82 valence electrons. The molecule has 3 N–H and O–H groups in total. The highest BCUT2D eigenvalue weighted by molar-refractivity contribution is 6.33. The second-order valence-electron chi connectivity index (χ2n) is 3.82. The van der Waals surface area contributed by atoms with Crippen LogP contribution in [0.5, 0.6) is 0 Å². The van der Waals surface area contributed by atoms with E-state index in [1.54, 1.807) is 6.07 Å². The number of hydrogen-bond donors (Lipinski definition) is 2. The first-order chi connectivity index (χ1) is 7.18. The molecule has 0 aromatic heterocycles. The molecule has 1 fully saturated rings. The highest BCUT2D eigenvalue weighted by atomic mass is 35.5. The predicted octanol–water partition coefficient (Wildman–Crippen LogP) is 2.51. The first-order valence-corrected chi connectivity index (χ1v) is 5.48. The fourth-order valence-electron chi connectivity index (χ4n) is 1.78. The molecule has 0 bridgehead atoms. The lowest BCUT2D eigenvalue weighted by molar-refractivity contribution is 0.121. The van der Waals surface area contributed by atoms with Crippen molar-refractivity contribution >= 4 is 23.0 Å². The van der Waals surface area contributed by atoms with E-state index in [2.05, 4.69) is 12.2 Å². The Balaban J connectivity index is 2.13. The van der Waals surface area contributed by atoms with Crippen molar-refractivity contribution in [3.8, 4) is 0 Å². The Morgan fingerprint density at radius 2 is 2.33 bits per heavy atom. The summed E-state index contributed by atoms with van der Waals surface area (Å²) in [5.41, 5.74) is 7.37. The van der Waals surface area contributed by atoms with E-state index in [1.807, 2.05) is 12.1 Å². The smallest absolute Gasteiger partial charge is 0.0748 e. The zero-order valence-electron chi connectivity index (χ0n) is 8.66. The van der Waals surface area contributed by atoms with Gasteiger partial charge in [-0.05, 0) is 25.5 Å². The molecule has 1 aliphatic rings. The lowest BCUT2D eigenvalue weighted by atomic mass is 10.1. The van der Waals surface area contributed by atoms with Gasteiger partial charge in [-0.1, -0.05) is 17.7 Å².